The van der Waals surface area contributed by atoms with Crippen molar-refractivity contribution in [3.05, 3.63) is 95.8 Å². The van der Waals surface area contributed by atoms with Gasteiger partial charge in [-0.1, -0.05) is 110 Å². The highest BCUT2D eigenvalue weighted by Gasteiger charge is 2.19. The maximum absolute atomic E-state index is 8.58. The van der Waals surface area contributed by atoms with E-state index in [4.69, 9.17) is 19.8 Å². The Morgan fingerprint density at radius 1 is 0.980 bits per heavy atom. The van der Waals surface area contributed by atoms with Crippen LogP contribution < -0.4 is 21.5 Å². The van der Waals surface area contributed by atoms with E-state index in [1.807, 2.05) is 92.0 Å². The lowest BCUT2D eigenvalue weighted by molar-refractivity contribution is -0.106. The van der Waals surface area contributed by atoms with E-state index in [2.05, 4.69) is 79.6 Å². The molecule has 1 saturated carbocycles. The van der Waals surface area contributed by atoms with Crippen LogP contribution in [0.4, 0.5) is 11.5 Å². The van der Waals surface area contributed by atoms with Gasteiger partial charge in [0, 0.05) is 34.7 Å². The number of fused-ring (bicyclic) bond motifs is 1. The fourth-order valence-electron chi connectivity index (χ4n) is 3.55. The Morgan fingerprint density at radius 2 is 1.58 bits per heavy atom. The van der Waals surface area contributed by atoms with Crippen LogP contribution in [0.5, 0.6) is 5.88 Å². The van der Waals surface area contributed by atoms with Crippen molar-refractivity contribution in [2.24, 2.45) is 16.9 Å². The first kappa shape index (κ1) is 41.4. The van der Waals surface area contributed by atoms with Gasteiger partial charge in [0.15, 0.2) is 5.82 Å². The molecule has 1 aliphatic rings. The number of amides is 1. The second kappa shape index (κ2) is 20.7. The molecule has 1 fully saturated rings. The number of hydrogen-bond donors (Lipinski definition) is 4. The lowest BCUT2D eigenvalue weighted by atomic mass is 9.93. The van der Waals surface area contributed by atoms with Crippen molar-refractivity contribution in [1.82, 2.24) is 20.1 Å². The van der Waals surface area contributed by atoms with Crippen molar-refractivity contribution < 1.29 is 14.1 Å². The molecule has 11 heteroatoms. The zero-order valence-electron chi connectivity index (χ0n) is 31.0. The average Bonchev–Trinajstić information content (AvgIpc) is 3.69. The highest BCUT2D eigenvalue weighted by Crippen LogP contribution is 2.27. The normalized spacial score (nSPS) is 11.8. The van der Waals surface area contributed by atoms with Gasteiger partial charge in [-0.3, -0.25) is 4.79 Å². The predicted octanol–water partition coefficient (Wildman–Crippen LogP) is 9.71. The van der Waals surface area contributed by atoms with Crippen molar-refractivity contribution in [3.8, 4) is 17.1 Å². The maximum Gasteiger partial charge on any atom is 0.215 e. The molecular formula is C39H55N7O3S. The molecule has 0 unspecified atom stereocenters. The van der Waals surface area contributed by atoms with Crippen LogP contribution in [-0.4, -0.2) is 32.6 Å². The largest absolute Gasteiger partial charge is 0.473 e. The number of ether oxygens (including phenoxy) is 1. The molecule has 0 saturated heterocycles. The van der Waals surface area contributed by atoms with Gasteiger partial charge in [0.2, 0.25) is 12.3 Å². The minimum absolute atomic E-state index is 0.0887. The smallest absolute Gasteiger partial charge is 0.215 e. The molecule has 270 valence electrons. The first-order chi connectivity index (χ1) is 23.7. The van der Waals surface area contributed by atoms with Crippen molar-refractivity contribution >= 4 is 39.6 Å². The number of nitrogens with one attached hydrogen (secondary N) is 2. The van der Waals surface area contributed by atoms with Gasteiger partial charge >= 0.3 is 0 Å². The van der Waals surface area contributed by atoms with Gasteiger partial charge < -0.3 is 31.0 Å². The summed E-state index contributed by atoms with van der Waals surface area (Å²) in [6.45, 7) is 19.5. The molecule has 6 rings (SSSR count). The second-order valence-corrected chi connectivity index (χ2v) is 14.7. The summed E-state index contributed by atoms with van der Waals surface area (Å²) in [6.07, 6.45) is 4.46. The summed E-state index contributed by atoms with van der Waals surface area (Å²) in [5.41, 5.74) is 14.6. The third-order valence-corrected chi connectivity index (χ3v) is 6.97. The zero-order valence-corrected chi connectivity index (χ0v) is 31.8. The first-order valence-corrected chi connectivity index (χ1v) is 17.7. The highest BCUT2D eigenvalue weighted by atomic mass is 32.1. The number of benzene rings is 2. The van der Waals surface area contributed by atoms with E-state index in [0.717, 1.165) is 38.6 Å². The van der Waals surface area contributed by atoms with Crippen molar-refractivity contribution in [2.45, 2.75) is 93.2 Å². The van der Waals surface area contributed by atoms with Crippen LogP contribution in [0.15, 0.2) is 89.0 Å². The Kier molecular flexibility index (Phi) is 17.2. The van der Waals surface area contributed by atoms with E-state index >= 15 is 0 Å². The number of aromatic nitrogens is 4. The van der Waals surface area contributed by atoms with Gasteiger partial charge in [-0.25, -0.2) is 9.97 Å². The predicted molar refractivity (Wildman–Crippen MR) is 208 cm³/mol. The third-order valence-electron chi connectivity index (χ3n) is 6.10. The Hall–Kier alpha value is -4.74. The van der Waals surface area contributed by atoms with Gasteiger partial charge in [0.1, 0.15) is 22.7 Å². The molecule has 0 spiro atoms. The lowest BCUT2D eigenvalue weighted by Gasteiger charge is -2.12. The van der Waals surface area contributed by atoms with Crippen LogP contribution in [0.25, 0.3) is 21.6 Å². The molecule has 0 bridgehead atoms. The molecule has 3 aromatic heterocycles. The molecule has 10 nitrogen and oxygen atoms in total. The topological polar surface area (TPSA) is 158 Å². The van der Waals surface area contributed by atoms with Crippen LogP contribution in [0.2, 0.25) is 0 Å². The van der Waals surface area contributed by atoms with E-state index in [0.29, 0.717) is 29.8 Å². The van der Waals surface area contributed by atoms with E-state index < -0.39 is 0 Å². The van der Waals surface area contributed by atoms with E-state index in [1.54, 1.807) is 6.33 Å². The Labute approximate surface area is 301 Å². The van der Waals surface area contributed by atoms with Crippen LogP contribution in [-0.2, 0) is 16.8 Å². The highest BCUT2D eigenvalue weighted by molar-refractivity contribution is 7.16. The Bertz CT molecular complexity index is 1720. The molecule has 6 N–H and O–H groups in total. The summed E-state index contributed by atoms with van der Waals surface area (Å²) < 4.78 is 11.3. The number of carbonyl (C=O) groups is 1. The number of nitrogens with two attached hydrogens (primary N) is 2. The number of carbonyl (C=O) groups excluding carboxylic acids is 1. The van der Waals surface area contributed by atoms with Gasteiger partial charge in [-0.2, -0.15) is 0 Å². The average molecular weight is 702 g/mol. The van der Waals surface area contributed by atoms with Gasteiger partial charge in [0.25, 0.3) is 0 Å². The monoisotopic (exact) mass is 701 g/mol. The lowest BCUT2D eigenvalue weighted by Crippen LogP contribution is -2.09. The number of anilines is 2. The molecule has 5 aromatic rings. The number of H-pyrrole nitrogens is 1. The number of rotatable bonds is 6. The van der Waals surface area contributed by atoms with Crippen LogP contribution >= 0.6 is 11.3 Å². The summed E-state index contributed by atoms with van der Waals surface area (Å²) in [7, 11) is 0. The fourth-order valence-corrected chi connectivity index (χ4v) is 4.37. The molecule has 1 aliphatic carbocycles. The summed E-state index contributed by atoms with van der Waals surface area (Å²) in [6, 6.07) is 24.4. The number of hydrogen-bond acceptors (Lipinski definition) is 9. The third kappa shape index (κ3) is 16.6. The van der Waals surface area contributed by atoms with Gasteiger partial charge in [-0.15, -0.1) is 11.3 Å². The minimum Gasteiger partial charge on any atom is -0.473 e. The zero-order chi connectivity index (χ0) is 37.2. The van der Waals surface area contributed by atoms with Crippen molar-refractivity contribution in [2.75, 3.05) is 5.32 Å². The quantitative estimate of drug-likeness (QED) is 0.127. The molecule has 3 heterocycles. The fraction of sp³-hybridized carbons (Fsp3) is 0.385. The summed E-state index contributed by atoms with van der Waals surface area (Å²) in [5, 5.41) is 9.45. The summed E-state index contributed by atoms with van der Waals surface area (Å²) >= 11 is 1.51. The maximum atomic E-state index is 8.58. The summed E-state index contributed by atoms with van der Waals surface area (Å²) in [4.78, 5) is 21.8. The minimum atomic E-state index is -0.0887. The Balaban J connectivity index is 0.000000526. The standard InChI is InChI=1S/C28H27N5O2S.C5H12.C3H7N.C2H6.CH3NO/c1-28(2,3)24-15-25(33-35-24)31-21-11-9-20(10-12-21)23-17-36-27-22(29-18-30-23)13-14-26(32-27)34-16-19-7-5-4-6-8-19;1-5(2,3)4;4-3-1-2-3;1-2;2-1-3/h4-15,17-18H,16H2,1-3H3,(H,29,30)(H,31,33);1-4H3;3H,1-2,4H2;1-2H3;1H,(H2,2,3). The number of aromatic amines is 1. The van der Waals surface area contributed by atoms with Crippen LogP contribution in [0, 0.1) is 5.41 Å². The molecule has 0 radical (unpaired) electrons. The number of primary amides is 1. The molecule has 1 amide bonds. The van der Waals surface area contributed by atoms with E-state index in [-0.39, 0.29) is 11.8 Å². The number of pyridine rings is 1. The van der Waals surface area contributed by atoms with Crippen molar-refractivity contribution in [1.29, 1.82) is 0 Å². The molecule has 50 heavy (non-hydrogen) atoms. The van der Waals surface area contributed by atoms with E-state index in [9.17, 15) is 0 Å². The van der Waals surface area contributed by atoms with Crippen LogP contribution in [0.1, 0.15) is 86.5 Å². The number of nitrogens with zero attached hydrogens (tertiary/aromatic N) is 3. The van der Waals surface area contributed by atoms with E-state index in [1.165, 1.54) is 24.2 Å². The molecular weight excluding hydrogens is 647 g/mol. The summed E-state index contributed by atoms with van der Waals surface area (Å²) in [5.74, 6) is 2.10. The second-order valence-electron chi connectivity index (χ2n) is 13.8. The first-order valence-electron chi connectivity index (χ1n) is 16.8. The van der Waals surface area contributed by atoms with Gasteiger partial charge in [0.05, 0.1) is 12.0 Å². The molecule has 2 aromatic carbocycles. The van der Waals surface area contributed by atoms with Crippen molar-refractivity contribution in [3.63, 3.8) is 0 Å². The SMILES string of the molecule is CC.CC(C)(C)C.CC(C)(C)c1cc(Nc2ccc(-c3csc4nc(OCc5ccccc5)ccc4nc[nH]3)cc2)no1.NC1CC1.NC=O. The van der Waals surface area contributed by atoms with Gasteiger partial charge in [-0.05, 0) is 47.6 Å². The molecule has 0 atom stereocenters. The molecule has 0 aliphatic heterocycles. The Morgan fingerprint density at radius 3 is 2.12 bits per heavy atom. The van der Waals surface area contributed by atoms with Crippen LogP contribution in [0.3, 0.4) is 0 Å².